The summed E-state index contributed by atoms with van der Waals surface area (Å²) in [6.45, 7) is 6.41. The number of methoxy groups -OCH3 is 1. The Kier molecular flexibility index (Phi) is 2.98. The number of hydrogen-bond donors (Lipinski definition) is 0. The first-order valence-electron chi connectivity index (χ1n) is 6.16. The molecule has 2 nitrogen and oxygen atoms in total. The molecule has 1 fully saturated rings. The van der Waals surface area contributed by atoms with Crippen molar-refractivity contribution in [2.75, 3.05) is 7.11 Å². The Balaban J connectivity index is 2.40. The molecule has 0 heterocycles. The molecule has 0 aliphatic heterocycles. The molecule has 17 heavy (non-hydrogen) atoms. The van der Waals surface area contributed by atoms with Crippen LogP contribution < -0.4 is 4.74 Å². The molecule has 0 radical (unpaired) electrons. The number of ether oxygens (including phenoxy) is 1. The summed E-state index contributed by atoms with van der Waals surface area (Å²) in [4.78, 5) is 12.0. The molecule has 1 aromatic rings. The number of carbonyl (C=O) groups is 1. The zero-order valence-corrected chi connectivity index (χ0v) is 11.0. The highest BCUT2D eigenvalue weighted by atomic mass is 16.5. The van der Waals surface area contributed by atoms with Crippen LogP contribution in [0.1, 0.15) is 49.5 Å². The molecule has 1 aromatic carbocycles. The van der Waals surface area contributed by atoms with Gasteiger partial charge in [-0.1, -0.05) is 20.8 Å². The maximum absolute atomic E-state index is 12.0. The third-order valence-corrected chi connectivity index (χ3v) is 3.24. The van der Waals surface area contributed by atoms with Gasteiger partial charge in [0.25, 0.3) is 0 Å². The molecule has 0 unspecified atom stereocenters. The fraction of sp³-hybridized carbons (Fsp3) is 0.533. The van der Waals surface area contributed by atoms with Crippen molar-refractivity contribution in [2.45, 2.75) is 39.0 Å². The molecule has 2 heteroatoms. The van der Waals surface area contributed by atoms with E-state index in [9.17, 15) is 4.79 Å². The summed E-state index contributed by atoms with van der Waals surface area (Å²) in [7, 11) is 1.67. The molecule has 92 valence electrons. The van der Waals surface area contributed by atoms with Crippen molar-refractivity contribution in [1.29, 1.82) is 0 Å². The van der Waals surface area contributed by atoms with E-state index in [1.165, 1.54) is 0 Å². The average Bonchev–Trinajstić information content (AvgIpc) is 3.10. The van der Waals surface area contributed by atoms with Gasteiger partial charge in [-0.25, -0.2) is 0 Å². The molecule has 0 spiro atoms. The lowest BCUT2D eigenvalue weighted by Gasteiger charge is -2.22. The first kappa shape index (κ1) is 12.2. The van der Waals surface area contributed by atoms with Crippen LogP contribution in [0.2, 0.25) is 0 Å². The fourth-order valence-corrected chi connectivity index (χ4v) is 2.03. The standard InChI is InChI=1S/C15H20O2/c1-15(2,3)12-9-11(7-8-13(12)17-4)14(16)10-5-6-10/h7-10H,5-6H2,1-4H3. The van der Waals surface area contributed by atoms with Crippen LogP contribution in [0, 0.1) is 5.92 Å². The Bertz CT molecular complexity index is 437. The van der Waals surface area contributed by atoms with E-state index < -0.39 is 0 Å². The molecule has 0 bridgehead atoms. The van der Waals surface area contributed by atoms with Crippen LogP contribution in [0.5, 0.6) is 5.75 Å². The van der Waals surface area contributed by atoms with Gasteiger partial charge in [-0.15, -0.1) is 0 Å². The number of hydrogen-bond acceptors (Lipinski definition) is 2. The summed E-state index contributed by atoms with van der Waals surface area (Å²) < 4.78 is 5.37. The van der Waals surface area contributed by atoms with Gasteiger partial charge in [0.1, 0.15) is 5.75 Å². The molecule has 0 N–H and O–H groups in total. The molecule has 1 aliphatic carbocycles. The zero-order chi connectivity index (χ0) is 12.6. The van der Waals surface area contributed by atoms with E-state index in [4.69, 9.17) is 4.74 Å². The normalized spacial score (nSPS) is 15.8. The van der Waals surface area contributed by atoms with E-state index >= 15 is 0 Å². The predicted molar refractivity (Wildman–Crippen MR) is 68.7 cm³/mol. The summed E-state index contributed by atoms with van der Waals surface area (Å²) in [5, 5.41) is 0. The van der Waals surface area contributed by atoms with E-state index in [0.29, 0.717) is 0 Å². The largest absolute Gasteiger partial charge is 0.496 e. The topological polar surface area (TPSA) is 26.3 Å². The molecular weight excluding hydrogens is 212 g/mol. The van der Waals surface area contributed by atoms with Gasteiger partial charge >= 0.3 is 0 Å². The maximum Gasteiger partial charge on any atom is 0.165 e. The van der Waals surface area contributed by atoms with Gasteiger partial charge in [-0.05, 0) is 36.5 Å². The van der Waals surface area contributed by atoms with Gasteiger partial charge in [-0.3, -0.25) is 4.79 Å². The number of benzene rings is 1. The van der Waals surface area contributed by atoms with E-state index in [1.807, 2.05) is 18.2 Å². The van der Waals surface area contributed by atoms with Crippen LogP contribution in [0.25, 0.3) is 0 Å². The van der Waals surface area contributed by atoms with Crippen molar-refractivity contribution in [1.82, 2.24) is 0 Å². The van der Waals surface area contributed by atoms with Gasteiger partial charge in [0, 0.05) is 17.0 Å². The van der Waals surface area contributed by atoms with Gasteiger partial charge in [0.2, 0.25) is 0 Å². The minimum atomic E-state index is -0.00875. The lowest BCUT2D eigenvalue weighted by atomic mass is 9.84. The second kappa shape index (κ2) is 4.17. The third-order valence-electron chi connectivity index (χ3n) is 3.24. The van der Waals surface area contributed by atoms with Crippen LogP contribution in [0.15, 0.2) is 18.2 Å². The highest BCUT2D eigenvalue weighted by Gasteiger charge is 2.31. The summed E-state index contributed by atoms with van der Waals surface area (Å²) in [6, 6.07) is 5.80. The lowest BCUT2D eigenvalue weighted by molar-refractivity contribution is 0.0967. The van der Waals surface area contributed by atoms with Crippen molar-refractivity contribution in [3.8, 4) is 5.75 Å². The monoisotopic (exact) mass is 232 g/mol. The molecule has 0 atom stereocenters. The Morgan fingerprint density at radius 3 is 2.41 bits per heavy atom. The summed E-state index contributed by atoms with van der Waals surface area (Å²) in [6.07, 6.45) is 2.10. The molecule has 1 saturated carbocycles. The Morgan fingerprint density at radius 2 is 1.94 bits per heavy atom. The van der Waals surface area contributed by atoms with Gasteiger partial charge < -0.3 is 4.74 Å². The van der Waals surface area contributed by atoms with Gasteiger partial charge in [0.05, 0.1) is 7.11 Å². The van der Waals surface area contributed by atoms with Crippen molar-refractivity contribution in [2.24, 2.45) is 5.92 Å². The van der Waals surface area contributed by atoms with Crippen LogP contribution >= 0.6 is 0 Å². The Morgan fingerprint density at radius 1 is 1.29 bits per heavy atom. The second-order valence-electron chi connectivity index (χ2n) is 5.80. The highest BCUT2D eigenvalue weighted by Crippen LogP contribution is 2.36. The number of ketones is 1. The van der Waals surface area contributed by atoms with Crippen molar-refractivity contribution < 1.29 is 9.53 Å². The number of carbonyl (C=O) groups excluding carboxylic acids is 1. The minimum absolute atomic E-state index is 0.00875. The fourth-order valence-electron chi connectivity index (χ4n) is 2.03. The maximum atomic E-state index is 12.0. The minimum Gasteiger partial charge on any atom is -0.496 e. The summed E-state index contributed by atoms with van der Waals surface area (Å²) in [5.41, 5.74) is 1.93. The van der Waals surface area contributed by atoms with E-state index in [1.54, 1.807) is 7.11 Å². The van der Waals surface area contributed by atoms with E-state index in [-0.39, 0.29) is 17.1 Å². The van der Waals surface area contributed by atoms with Crippen LogP contribution in [-0.4, -0.2) is 12.9 Å². The number of Topliss-reactive ketones (excluding diaryl/α,β-unsaturated/α-hetero) is 1. The van der Waals surface area contributed by atoms with Crippen LogP contribution in [0.3, 0.4) is 0 Å². The second-order valence-corrected chi connectivity index (χ2v) is 5.80. The highest BCUT2D eigenvalue weighted by molar-refractivity contribution is 5.99. The van der Waals surface area contributed by atoms with Gasteiger partial charge in [-0.2, -0.15) is 0 Å². The summed E-state index contributed by atoms with van der Waals surface area (Å²) >= 11 is 0. The van der Waals surface area contributed by atoms with Gasteiger partial charge in [0.15, 0.2) is 5.78 Å². The third kappa shape index (κ3) is 2.51. The molecule has 1 aliphatic rings. The van der Waals surface area contributed by atoms with Crippen LogP contribution in [0.4, 0.5) is 0 Å². The molecular formula is C15H20O2. The molecule has 0 amide bonds. The number of rotatable bonds is 3. The quantitative estimate of drug-likeness (QED) is 0.744. The van der Waals surface area contributed by atoms with E-state index in [0.717, 1.165) is 29.7 Å². The lowest BCUT2D eigenvalue weighted by Crippen LogP contribution is -2.14. The average molecular weight is 232 g/mol. The van der Waals surface area contributed by atoms with Crippen molar-refractivity contribution in [3.63, 3.8) is 0 Å². The Hall–Kier alpha value is -1.31. The van der Waals surface area contributed by atoms with Crippen molar-refractivity contribution >= 4 is 5.78 Å². The Labute approximate surface area is 103 Å². The van der Waals surface area contributed by atoms with Crippen molar-refractivity contribution in [3.05, 3.63) is 29.3 Å². The van der Waals surface area contributed by atoms with Crippen LogP contribution in [-0.2, 0) is 5.41 Å². The first-order chi connectivity index (χ1) is 7.93. The van der Waals surface area contributed by atoms with E-state index in [2.05, 4.69) is 20.8 Å². The first-order valence-corrected chi connectivity index (χ1v) is 6.16. The zero-order valence-electron chi connectivity index (χ0n) is 11.0. The molecule has 0 aromatic heterocycles. The molecule has 0 saturated heterocycles. The predicted octanol–water partition coefficient (Wildman–Crippen LogP) is 3.59. The summed E-state index contributed by atoms with van der Waals surface area (Å²) in [5.74, 6) is 1.43. The molecule has 2 rings (SSSR count). The smallest absolute Gasteiger partial charge is 0.165 e. The SMILES string of the molecule is COc1ccc(C(=O)C2CC2)cc1C(C)(C)C.